The number of sulfone groups is 1. The van der Waals surface area contributed by atoms with Crippen LogP contribution in [0.1, 0.15) is 13.3 Å². The topological polar surface area (TPSA) is 97.5 Å². The Morgan fingerprint density at radius 2 is 2.10 bits per heavy atom. The Bertz CT molecular complexity index is 747. The Labute approximate surface area is 129 Å². The molecule has 1 aromatic carbocycles. The van der Waals surface area contributed by atoms with Crippen LogP contribution in [-0.2, 0) is 19.9 Å². The van der Waals surface area contributed by atoms with Crippen molar-refractivity contribution in [3.05, 3.63) is 23.2 Å². The molecule has 2 N–H and O–H groups in total. The summed E-state index contributed by atoms with van der Waals surface area (Å²) >= 11 is 5.97. The summed E-state index contributed by atoms with van der Waals surface area (Å²) in [6.45, 7) is 1.86. The molecule has 0 aromatic heterocycles. The molecule has 1 aromatic rings. The summed E-state index contributed by atoms with van der Waals surface area (Å²) in [4.78, 5) is -0.0514. The van der Waals surface area contributed by atoms with Crippen molar-refractivity contribution in [2.45, 2.75) is 24.3 Å². The molecule has 0 aliphatic carbocycles. The minimum absolute atomic E-state index is 0.0131. The summed E-state index contributed by atoms with van der Waals surface area (Å²) in [5.74, 6) is -0.133. The summed E-state index contributed by atoms with van der Waals surface area (Å²) in [6.07, 6.45) is 0.308. The molecule has 0 bridgehead atoms. The number of hydrogen-bond donors (Lipinski definition) is 1. The largest absolute Gasteiger partial charge is 0.399 e. The maximum atomic E-state index is 12.7. The zero-order valence-electron chi connectivity index (χ0n) is 11.5. The van der Waals surface area contributed by atoms with Crippen LogP contribution in [0.25, 0.3) is 0 Å². The lowest BCUT2D eigenvalue weighted by atomic mass is 10.3. The van der Waals surface area contributed by atoms with E-state index in [0.29, 0.717) is 12.1 Å². The Kier molecular flexibility index (Phi) is 4.53. The number of nitrogens with zero attached hydrogens (tertiary/aromatic N) is 1. The van der Waals surface area contributed by atoms with E-state index in [9.17, 15) is 16.8 Å². The summed E-state index contributed by atoms with van der Waals surface area (Å²) in [6, 6.07) is 3.63. The van der Waals surface area contributed by atoms with Crippen molar-refractivity contribution in [2.24, 2.45) is 0 Å². The van der Waals surface area contributed by atoms with E-state index in [4.69, 9.17) is 17.3 Å². The minimum Gasteiger partial charge on any atom is -0.399 e. The minimum atomic E-state index is -3.85. The number of halogens is 1. The average Bonchev–Trinajstić information content (AvgIpc) is 2.69. The molecule has 6 nitrogen and oxygen atoms in total. The van der Waals surface area contributed by atoms with Crippen molar-refractivity contribution in [3.63, 3.8) is 0 Å². The molecule has 1 heterocycles. The van der Waals surface area contributed by atoms with Crippen LogP contribution in [0.5, 0.6) is 0 Å². The van der Waals surface area contributed by atoms with E-state index in [0.717, 1.165) is 0 Å². The predicted octanol–water partition coefficient (Wildman–Crippen LogP) is 1.12. The molecular formula is C12H17ClN2O4S2. The van der Waals surface area contributed by atoms with Crippen molar-refractivity contribution >= 4 is 37.1 Å². The van der Waals surface area contributed by atoms with Crippen LogP contribution in [0.15, 0.2) is 23.1 Å². The first-order valence-corrected chi connectivity index (χ1v) is 10.1. The van der Waals surface area contributed by atoms with Gasteiger partial charge in [-0.25, -0.2) is 16.8 Å². The van der Waals surface area contributed by atoms with E-state index in [1.54, 1.807) is 6.92 Å². The molecule has 1 aliphatic heterocycles. The normalized spacial score (nSPS) is 21.8. The highest BCUT2D eigenvalue weighted by Crippen LogP contribution is 2.30. The smallest absolute Gasteiger partial charge is 0.244 e. The summed E-state index contributed by atoms with van der Waals surface area (Å²) in [5, 5.41) is 0.0364. The van der Waals surface area contributed by atoms with Crippen LogP contribution >= 0.6 is 11.6 Å². The highest BCUT2D eigenvalue weighted by atomic mass is 35.5. The van der Waals surface area contributed by atoms with Crippen molar-refractivity contribution in [2.75, 3.05) is 23.8 Å². The van der Waals surface area contributed by atoms with Gasteiger partial charge in [-0.05, 0) is 24.6 Å². The van der Waals surface area contributed by atoms with Crippen molar-refractivity contribution in [1.82, 2.24) is 4.31 Å². The number of rotatable bonds is 4. The predicted molar refractivity (Wildman–Crippen MR) is 82.5 cm³/mol. The van der Waals surface area contributed by atoms with Gasteiger partial charge in [-0.3, -0.25) is 0 Å². The van der Waals surface area contributed by atoms with Crippen LogP contribution in [0, 0.1) is 0 Å². The summed E-state index contributed by atoms with van der Waals surface area (Å²) < 4.78 is 49.7. The third kappa shape index (κ3) is 3.33. The molecule has 1 aliphatic rings. The molecule has 1 unspecified atom stereocenters. The molecule has 1 atom stereocenters. The van der Waals surface area contributed by atoms with Gasteiger partial charge in [-0.1, -0.05) is 18.5 Å². The van der Waals surface area contributed by atoms with Gasteiger partial charge in [0, 0.05) is 18.3 Å². The first-order valence-electron chi connectivity index (χ1n) is 6.44. The third-order valence-corrected chi connectivity index (χ3v) is 7.73. The van der Waals surface area contributed by atoms with Gasteiger partial charge in [-0.2, -0.15) is 4.31 Å². The number of benzene rings is 1. The molecule has 0 spiro atoms. The lowest BCUT2D eigenvalue weighted by molar-refractivity contribution is 0.354. The fourth-order valence-corrected chi connectivity index (χ4v) is 6.50. The first-order chi connectivity index (χ1) is 9.67. The Balaban J connectivity index is 2.41. The van der Waals surface area contributed by atoms with Crippen molar-refractivity contribution in [1.29, 1.82) is 0 Å². The van der Waals surface area contributed by atoms with Crippen LogP contribution in [0.4, 0.5) is 5.69 Å². The first kappa shape index (κ1) is 16.5. The van der Waals surface area contributed by atoms with Crippen molar-refractivity contribution < 1.29 is 16.8 Å². The van der Waals surface area contributed by atoms with Crippen LogP contribution < -0.4 is 5.73 Å². The molecular weight excluding hydrogens is 336 g/mol. The Hall–Kier alpha value is -0.830. The molecule has 0 amide bonds. The standard InChI is InChI=1S/C12H17ClN2O4S2/c1-2-15(10-5-6-20(16,17)8-10)21(18,19)12-4-3-9(14)7-11(12)13/h3-4,7,10H,2,5-6,8,14H2,1H3. The van der Waals surface area contributed by atoms with E-state index in [1.165, 1.54) is 22.5 Å². The van der Waals surface area contributed by atoms with Gasteiger partial charge >= 0.3 is 0 Å². The maximum Gasteiger partial charge on any atom is 0.244 e. The van der Waals surface area contributed by atoms with Crippen molar-refractivity contribution in [3.8, 4) is 0 Å². The zero-order valence-corrected chi connectivity index (χ0v) is 13.9. The van der Waals surface area contributed by atoms with Gasteiger partial charge in [-0.15, -0.1) is 0 Å². The molecule has 1 saturated heterocycles. The monoisotopic (exact) mass is 352 g/mol. The molecule has 0 saturated carbocycles. The van der Waals surface area contributed by atoms with E-state index < -0.39 is 25.9 Å². The fourth-order valence-electron chi connectivity index (χ4n) is 2.48. The van der Waals surface area contributed by atoms with Crippen LogP contribution in [-0.4, -0.2) is 45.2 Å². The highest BCUT2D eigenvalue weighted by molar-refractivity contribution is 7.92. The van der Waals surface area contributed by atoms with Crippen LogP contribution in [0.3, 0.4) is 0 Å². The molecule has 0 radical (unpaired) electrons. The second-order valence-electron chi connectivity index (χ2n) is 4.96. The lowest BCUT2D eigenvalue weighted by Crippen LogP contribution is -2.41. The fraction of sp³-hybridized carbons (Fsp3) is 0.500. The Morgan fingerprint density at radius 1 is 1.43 bits per heavy atom. The quantitative estimate of drug-likeness (QED) is 0.819. The van der Waals surface area contributed by atoms with Gasteiger partial charge in [0.1, 0.15) is 4.90 Å². The van der Waals surface area contributed by atoms with Gasteiger partial charge in [0.05, 0.1) is 16.5 Å². The molecule has 9 heteroatoms. The molecule has 21 heavy (non-hydrogen) atoms. The van der Waals surface area contributed by atoms with E-state index in [1.807, 2.05) is 0 Å². The second-order valence-corrected chi connectivity index (χ2v) is 9.45. The molecule has 1 fully saturated rings. The Morgan fingerprint density at radius 3 is 2.57 bits per heavy atom. The van der Waals surface area contributed by atoms with Crippen LogP contribution in [0.2, 0.25) is 5.02 Å². The zero-order chi connectivity index (χ0) is 15.8. The third-order valence-electron chi connectivity index (χ3n) is 3.47. The summed E-state index contributed by atoms with van der Waals surface area (Å²) in [7, 11) is -7.02. The van der Waals surface area contributed by atoms with Gasteiger partial charge in [0.2, 0.25) is 10.0 Å². The lowest BCUT2D eigenvalue weighted by Gasteiger charge is -2.26. The van der Waals surface area contributed by atoms with E-state index in [-0.39, 0.29) is 28.0 Å². The highest BCUT2D eigenvalue weighted by Gasteiger charge is 2.38. The SMILES string of the molecule is CCN(C1CCS(=O)(=O)C1)S(=O)(=O)c1ccc(N)cc1Cl. The second kappa shape index (κ2) is 5.75. The van der Waals surface area contributed by atoms with E-state index >= 15 is 0 Å². The van der Waals surface area contributed by atoms with Gasteiger partial charge in [0.15, 0.2) is 9.84 Å². The number of sulfonamides is 1. The number of nitrogens with two attached hydrogens (primary N) is 1. The van der Waals surface area contributed by atoms with E-state index in [2.05, 4.69) is 0 Å². The number of anilines is 1. The average molecular weight is 353 g/mol. The number of hydrogen-bond acceptors (Lipinski definition) is 5. The maximum absolute atomic E-state index is 12.7. The van der Waals surface area contributed by atoms with Gasteiger partial charge in [0.25, 0.3) is 0 Å². The molecule has 118 valence electrons. The summed E-state index contributed by atoms with van der Waals surface area (Å²) in [5.41, 5.74) is 5.93. The van der Waals surface area contributed by atoms with Gasteiger partial charge < -0.3 is 5.73 Å². The number of nitrogen functional groups attached to an aromatic ring is 1. The molecule has 2 rings (SSSR count).